The monoisotopic (exact) mass is 306 g/mol. The van der Waals surface area contributed by atoms with Crippen LogP contribution in [0.4, 0.5) is 4.79 Å². The maximum absolute atomic E-state index is 12.6. The Hall–Kier alpha value is -2.10. The number of hydrogen-bond donors (Lipinski definition) is 1. The molecule has 0 aromatic carbocycles. The molecule has 2 fully saturated rings. The van der Waals surface area contributed by atoms with E-state index < -0.39 is 17.6 Å². The number of hydrogen-bond acceptors (Lipinski definition) is 4. The number of nitrogens with one attached hydrogen (secondary N) is 1. The maximum atomic E-state index is 12.6. The predicted octanol–water partition coefficient (Wildman–Crippen LogP) is 1.00. The highest BCUT2D eigenvalue weighted by atomic mass is 16.2. The van der Waals surface area contributed by atoms with Crippen LogP contribution < -0.4 is 5.32 Å². The fraction of sp³-hybridized carbons (Fsp3) is 0.733. The highest BCUT2D eigenvalue weighted by molar-refractivity contribution is 6.09. The van der Waals surface area contributed by atoms with E-state index in [1.54, 1.807) is 20.9 Å². The van der Waals surface area contributed by atoms with Crippen LogP contribution in [0, 0.1) is 11.3 Å². The number of carbonyl (C=O) groups is 3. The summed E-state index contributed by atoms with van der Waals surface area (Å²) in [5.41, 5.74) is -0.803. The molecule has 1 aliphatic heterocycles. The Morgan fingerprint density at radius 2 is 2.00 bits per heavy atom. The summed E-state index contributed by atoms with van der Waals surface area (Å²) in [6, 6.07) is 0.398. The van der Waals surface area contributed by atoms with Gasteiger partial charge in [-0.05, 0) is 26.7 Å². The lowest BCUT2D eigenvalue weighted by molar-refractivity contribution is -0.143. The van der Waals surface area contributed by atoms with Crippen LogP contribution in [0.2, 0.25) is 0 Å². The van der Waals surface area contributed by atoms with Crippen LogP contribution in [0.1, 0.15) is 46.0 Å². The molecule has 1 saturated carbocycles. The standard InChI is InChI=1S/C15H22N4O3/c1-10(6-9-16)18(3)12(20)11(2)19-13(21)15(17-14(19)22)7-4-5-8-15/h10-11H,4-8H2,1-3H3,(H,17,22). The summed E-state index contributed by atoms with van der Waals surface area (Å²) in [6.07, 6.45) is 3.28. The third kappa shape index (κ3) is 2.54. The van der Waals surface area contributed by atoms with E-state index in [1.807, 2.05) is 6.07 Å². The van der Waals surface area contributed by atoms with E-state index in [0.717, 1.165) is 17.7 Å². The average Bonchev–Trinajstić information content (AvgIpc) is 3.03. The Morgan fingerprint density at radius 3 is 2.55 bits per heavy atom. The van der Waals surface area contributed by atoms with Crippen LogP contribution in [-0.4, -0.2) is 52.3 Å². The highest BCUT2D eigenvalue weighted by Crippen LogP contribution is 2.35. The van der Waals surface area contributed by atoms with E-state index in [9.17, 15) is 14.4 Å². The van der Waals surface area contributed by atoms with Crippen molar-refractivity contribution < 1.29 is 14.4 Å². The third-order valence-corrected chi connectivity index (χ3v) is 4.79. The highest BCUT2D eigenvalue weighted by Gasteiger charge is 2.54. The zero-order valence-corrected chi connectivity index (χ0v) is 13.3. The molecule has 2 atom stereocenters. The van der Waals surface area contributed by atoms with E-state index in [1.165, 1.54) is 4.90 Å². The van der Waals surface area contributed by atoms with Gasteiger partial charge >= 0.3 is 6.03 Å². The SMILES string of the molecule is CC(CC#N)N(C)C(=O)C(C)N1C(=O)NC2(CCCC2)C1=O. The number of likely N-dealkylation sites (N-methyl/N-ethyl adjacent to an activating group) is 1. The number of urea groups is 1. The second kappa shape index (κ2) is 5.95. The Morgan fingerprint density at radius 1 is 1.41 bits per heavy atom. The molecule has 7 heteroatoms. The number of rotatable bonds is 4. The van der Waals surface area contributed by atoms with E-state index >= 15 is 0 Å². The van der Waals surface area contributed by atoms with E-state index in [0.29, 0.717) is 12.8 Å². The fourth-order valence-electron chi connectivity index (χ4n) is 3.20. The summed E-state index contributed by atoms with van der Waals surface area (Å²) < 4.78 is 0. The first-order valence-corrected chi connectivity index (χ1v) is 7.63. The third-order valence-electron chi connectivity index (χ3n) is 4.79. The molecule has 120 valence electrons. The molecule has 2 aliphatic rings. The summed E-state index contributed by atoms with van der Waals surface area (Å²) in [7, 11) is 1.59. The molecule has 1 heterocycles. The van der Waals surface area contributed by atoms with E-state index in [4.69, 9.17) is 5.26 Å². The average molecular weight is 306 g/mol. The van der Waals surface area contributed by atoms with Gasteiger partial charge in [0, 0.05) is 13.1 Å². The number of nitrogens with zero attached hydrogens (tertiary/aromatic N) is 3. The molecule has 1 spiro atoms. The minimum absolute atomic E-state index is 0.207. The Bertz CT molecular complexity index is 533. The fourth-order valence-corrected chi connectivity index (χ4v) is 3.20. The molecule has 0 bridgehead atoms. The number of nitriles is 1. The molecule has 0 aromatic heterocycles. The molecule has 1 saturated heterocycles. The molecule has 22 heavy (non-hydrogen) atoms. The first-order chi connectivity index (χ1) is 10.3. The molecule has 1 aliphatic carbocycles. The summed E-state index contributed by atoms with van der Waals surface area (Å²) in [6.45, 7) is 3.32. The van der Waals surface area contributed by atoms with Crippen molar-refractivity contribution in [2.45, 2.75) is 63.6 Å². The van der Waals surface area contributed by atoms with Crippen LogP contribution in [0.3, 0.4) is 0 Å². The Labute approximate surface area is 130 Å². The van der Waals surface area contributed by atoms with Gasteiger partial charge in [0.2, 0.25) is 5.91 Å². The van der Waals surface area contributed by atoms with E-state index in [-0.39, 0.29) is 24.3 Å². The largest absolute Gasteiger partial charge is 0.340 e. The quantitative estimate of drug-likeness (QED) is 0.784. The van der Waals surface area contributed by atoms with Crippen LogP contribution in [0.15, 0.2) is 0 Å². The van der Waals surface area contributed by atoms with Crippen molar-refractivity contribution in [2.75, 3.05) is 7.05 Å². The molecule has 2 unspecified atom stereocenters. The van der Waals surface area contributed by atoms with Gasteiger partial charge in [0.05, 0.1) is 12.5 Å². The van der Waals surface area contributed by atoms with Crippen LogP contribution in [-0.2, 0) is 9.59 Å². The second-order valence-electron chi connectivity index (χ2n) is 6.23. The number of carbonyl (C=O) groups excluding carboxylic acids is 3. The van der Waals surface area contributed by atoms with Crippen molar-refractivity contribution in [1.29, 1.82) is 5.26 Å². The topological polar surface area (TPSA) is 93.5 Å². The normalized spacial score (nSPS) is 22.4. The van der Waals surface area contributed by atoms with Gasteiger partial charge in [0.25, 0.3) is 5.91 Å². The van der Waals surface area contributed by atoms with Crippen molar-refractivity contribution in [1.82, 2.24) is 15.1 Å². The molecule has 0 aromatic rings. The van der Waals surface area contributed by atoms with Gasteiger partial charge in [-0.2, -0.15) is 5.26 Å². The summed E-state index contributed by atoms with van der Waals surface area (Å²) in [4.78, 5) is 39.8. The van der Waals surface area contributed by atoms with Gasteiger partial charge in [-0.1, -0.05) is 12.8 Å². The van der Waals surface area contributed by atoms with Crippen LogP contribution >= 0.6 is 0 Å². The van der Waals surface area contributed by atoms with Crippen molar-refractivity contribution in [3.05, 3.63) is 0 Å². The summed E-state index contributed by atoms with van der Waals surface area (Å²) >= 11 is 0. The zero-order valence-electron chi connectivity index (χ0n) is 13.3. The van der Waals surface area contributed by atoms with E-state index in [2.05, 4.69) is 5.32 Å². The lowest BCUT2D eigenvalue weighted by Crippen LogP contribution is -2.51. The molecular formula is C15H22N4O3. The number of imide groups is 1. The smallest absolute Gasteiger partial charge is 0.325 e. The summed E-state index contributed by atoms with van der Waals surface area (Å²) in [5, 5.41) is 11.5. The minimum Gasteiger partial charge on any atom is -0.340 e. The van der Waals surface area contributed by atoms with Crippen LogP contribution in [0.5, 0.6) is 0 Å². The van der Waals surface area contributed by atoms with Crippen molar-refractivity contribution in [3.8, 4) is 6.07 Å². The van der Waals surface area contributed by atoms with Gasteiger partial charge in [-0.25, -0.2) is 9.69 Å². The molecule has 0 radical (unpaired) electrons. The van der Waals surface area contributed by atoms with Crippen molar-refractivity contribution in [2.24, 2.45) is 0 Å². The van der Waals surface area contributed by atoms with Gasteiger partial charge in [0.1, 0.15) is 11.6 Å². The van der Waals surface area contributed by atoms with Gasteiger partial charge in [-0.15, -0.1) is 0 Å². The minimum atomic E-state index is -0.862. The Kier molecular flexibility index (Phi) is 4.40. The zero-order chi connectivity index (χ0) is 16.5. The first kappa shape index (κ1) is 16.3. The number of amides is 4. The van der Waals surface area contributed by atoms with Gasteiger partial charge in [0.15, 0.2) is 0 Å². The van der Waals surface area contributed by atoms with Crippen LogP contribution in [0.25, 0.3) is 0 Å². The van der Waals surface area contributed by atoms with Crippen molar-refractivity contribution >= 4 is 17.8 Å². The lowest BCUT2D eigenvalue weighted by atomic mass is 9.97. The molecular weight excluding hydrogens is 284 g/mol. The first-order valence-electron chi connectivity index (χ1n) is 7.63. The lowest BCUT2D eigenvalue weighted by Gasteiger charge is -2.30. The summed E-state index contributed by atoms with van der Waals surface area (Å²) in [5.74, 6) is -0.626. The Balaban J connectivity index is 2.14. The molecule has 2 rings (SSSR count). The second-order valence-corrected chi connectivity index (χ2v) is 6.23. The molecule has 7 nitrogen and oxygen atoms in total. The molecule has 4 amide bonds. The van der Waals surface area contributed by atoms with Gasteiger partial charge in [-0.3, -0.25) is 9.59 Å². The van der Waals surface area contributed by atoms with Gasteiger partial charge < -0.3 is 10.2 Å². The molecule has 1 N–H and O–H groups in total. The maximum Gasteiger partial charge on any atom is 0.325 e. The van der Waals surface area contributed by atoms with Crippen molar-refractivity contribution in [3.63, 3.8) is 0 Å². The predicted molar refractivity (Wildman–Crippen MR) is 78.5 cm³/mol.